The molecule has 0 aliphatic rings. The van der Waals surface area contributed by atoms with E-state index in [0.29, 0.717) is 23.5 Å². The molecule has 1 aromatic carbocycles. The summed E-state index contributed by atoms with van der Waals surface area (Å²) in [6.45, 7) is -0.0870. The van der Waals surface area contributed by atoms with E-state index in [4.69, 9.17) is 5.11 Å². The number of hydrogen-bond acceptors (Lipinski definition) is 3. The van der Waals surface area contributed by atoms with Crippen molar-refractivity contribution in [1.82, 2.24) is 10.2 Å². The van der Waals surface area contributed by atoms with Crippen molar-refractivity contribution in [2.24, 2.45) is 0 Å². The quantitative estimate of drug-likeness (QED) is 0.672. The van der Waals surface area contributed by atoms with Gasteiger partial charge in [0.1, 0.15) is 0 Å². The first-order valence-corrected chi connectivity index (χ1v) is 4.80. The number of nitrogens with zero attached hydrogens (tertiary/aromatic N) is 1. The monoisotopic (exact) mass is 217 g/mol. The number of hydrogen-bond donors (Lipinski definition) is 3. The van der Waals surface area contributed by atoms with Gasteiger partial charge in [-0.3, -0.25) is 9.89 Å². The molecule has 0 atom stereocenters. The predicted octanol–water partition coefficient (Wildman–Crippen LogP) is 1.14. The van der Waals surface area contributed by atoms with Gasteiger partial charge in [-0.25, -0.2) is 0 Å². The van der Waals surface area contributed by atoms with E-state index in [1.807, 2.05) is 18.2 Å². The maximum atomic E-state index is 10.4. The molecule has 0 fully saturated rings. The minimum absolute atomic E-state index is 0.0870. The van der Waals surface area contributed by atoms with Crippen molar-refractivity contribution in [2.45, 2.75) is 6.61 Å². The van der Waals surface area contributed by atoms with Gasteiger partial charge in [0.2, 0.25) is 6.41 Å². The second-order valence-electron chi connectivity index (χ2n) is 3.24. The fourth-order valence-electron chi connectivity index (χ4n) is 1.48. The van der Waals surface area contributed by atoms with Crippen LogP contribution in [0.5, 0.6) is 0 Å². The van der Waals surface area contributed by atoms with Crippen LogP contribution in [0.2, 0.25) is 0 Å². The van der Waals surface area contributed by atoms with E-state index < -0.39 is 0 Å². The molecule has 82 valence electrons. The van der Waals surface area contributed by atoms with E-state index in [1.165, 1.54) is 0 Å². The standard InChI is InChI=1S/C11H11N3O2/c15-6-8-5-11(14-13-8)9-3-1-2-4-10(9)12-7-16/h1-5,7,15H,6H2,(H,12,16)(H,13,14). The summed E-state index contributed by atoms with van der Waals surface area (Å²) in [5.41, 5.74) is 2.82. The molecule has 1 heterocycles. The largest absolute Gasteiger partial charge is 0.390 e. The van der Waals surface area contributed by atoms with Crippen molar-refractivity contribution in [3.05, 3.63) is 36.0 Å². The average molecular weight is 217 g/mol. The Kier molecular flexibility index (Phi) is 2.98. The lowest BCUT2D eigenvalue weighted by molar-refractivity contribution is -0.105. The maximum Gasteiger partial charge on any atom is 0.211 e. The number of anilines is 1. The number of aliphatic hydroxyl groups excluding tert-OH is 1. The molecular weight excluding hydrogens is 206 g/mol. The molecule has 1 amide bonds. The molecule has 5 heteroatoms. The van der Waals surface area contributed by atoms with Crippen molar-refractivity contribution in [2.75, 3.05) is 5.32 Å². The fourth-order valence-corrected chi connectivity index (χ4v) is 1.48. The first-order valence-electron chi connectivity index (χ1n) is 4.80. The summed E-state index contributed by atoms with van der Waals surface area (Å²) in [7, 11) is 0. The van der Waals surface area contributed by atoms with Gasteiger partial charge in [0.05, 0.1) is 18.0 Å². The fraction of sp³-hybridized carbons (Fsp3) is 0.0909. The Morgan fingerprint density at radius 1 is 1.44 bits per heavy atom. The van der Waals surface area contributed by atoms with E-state index in [9.17, 15) is 4.79 Å². The smallest absolute Gasteiger partial charge is 0.211 e. The van der Waals surface area contributed by atoms with Crippen molar-refractivity contribution in [3.63, 3.8) is 0 Å². The molecule has 0 bridgehead atoms. The third-order valence-corrected chi connectivity index (χ3v) is 2.22. The molecule has 0 aliphatic heterocycles. The van der Waals surface area contributed by atoms with Crippen LogP contribution in [0.25, 0.3) is 11.3 Å². The van der Waals surface area contributed by atoms with Gasteiger partial charge in [-0.15, -0.1) is 0 Å². The first-order chi connectivity index (χ1) is 7.85. The summed E-state index contributed by atoms with van der Waals surface area (Å²) in [5, 5.41) is 18.3. The maximum absolute atomic E-state index is 10.4. The zero-order chi connectivity index (χ0) is 11.4. The van der Waals surface area contributed by atoms with Crippen LogP contribution in [-0.4, -0.2) is 21.7 Å². The SMILES string of the molecule is O=CNc1ccccc1-c1cc(CO)[nH]n1. The van der Waals surface area contributed by atoms with E-state index in [0.717, 1.165) is 5.56 Å². The molecule has 0 aliphatic carbocycles. The van der Waals surface area contributed by atoms with Crippen LogP contribution in [-0.2, 0) is 11.4 Å². The normalized spacial score (nSPS) is 10.1. The molecule has 2 rings (SSSR count). The van der Waals surface area contributed by atoms with Gasteiger partial charge in [-0.05, 0) is 12.1 Å². The highest BCUT2D eigenvalue weighted by atomic mass is 16.3. The number of nitrogens with one attached hydrogen (secondary N) is 2. The number of aromatic nitrogens is 2. The summed E-state index contributed by atoms with van der Waals surface area (Å²) < 4.78 is 0. The van der Waals surface area contributed by atoms with E-state index in [-0.39, 0.29) is 6.61 Å². The lowest BCUT2D eigenvalue weighted by atomic mass is 10.1. The predicted molar refractivity (Wildman–Crippen MR) is 59.6 cm³/mol. The summed E-state index contributed by atoms with van der Waals surface area (Å²) in [4.78, 5) is 10.4. The van der Waals surface area contributed by atoms with Gasteiger partial charge in [-0.2, -0.15) is 5.10 Å². The number of amides is 1. The van der Waals surface area contributed by atoms with Crippen LogP contribution in [0.3, 0.4) is 0 Å². The van der Waals surface area contributed by atoms with Crippen LogP contribution in [0.15, 0.2) is 30.3 Å². The number of carbonyl (C=O) groups excluding carboxylic acids is 1. The number of aliphatic hydroxyl groups is 1. The van der Waals surface area contributed by atoms with Crippen molar-refractivity contribution >= 4 is 12.1 Å². The average Bonchev–Trinajstić information content (AvgIpc) is 2.79. The Hall–Kier alpha value is -2.14. The summed E-state index contributed by atoms with van der Waals surface area (Å²) in [6, 6.07) is 9.07. The van der Waals surface area contributed by atoms with E-state index in [2.05, 4.69) is 15.5 Å². The summed E-state index contributed by atoms with van der Waals surface area (Å²) >= 11 is 0. The topological polar surface area (TPSA) is 78.0 Å². The molecule has 1 aromatic heterocycles. The van der Waals surface area contributed by atoms with Crippen LogP contribution in [0, 0.1) is 0 Å². The van der Waals surface area contributed by atoms with E-state index in [1.54, 1.807) is 12.1 Å². The van der Waals surface area contributed by atoms with Crippen LogP contribution >= 0.6 is 0 Å². The second-order valence-corrected chi connectivity index (χ2v) is 3.24. The lowest BCUT2D eigenvalue weighted by Crippen LogP contribution is -1.95. The zero-order valence-electron chi connectivity index (χ0n) is 8.47. The number of benzene rings is 1. The Labute approximate surface area is 92.1 Å². The van der Waals surface area contributed by atoms with Crippen LogP contribution in [0.4, 0.5) is 5.69 Å². The van der Waals surface area contributed by atoms with Crippen LogP contribution in [0.1, 0.15) is 5.69 Å². The highest BCUT2D eigenvalue weighted by Crippen LogP contribution is 2.26. The third-order valence-electron chi connectivity index (χ3n) is 2.22. The summed E-state index contributed by atoms with van der Waals surface area (Å²) in [6.07, 6.45) is 0.623. The minimum atomic E-state index is -0.0870. The summed E-state index contributed by atoms with van der Waals surface area (Å²) in [5.74, 6) is 0. The Morgan fingerprint density at radius 2 is 2.25 bits per heavy atom. The van der Waals surface area contributed by atoms with Gasteiger partial charge in [0.15, 0.2) is 0 Å². The zero-order valence-corrected chi connectivity index (χ0v) is 8.47. The number of aromatic amines is 1. The number of rotatable bonds is 4. The molecule has 0 saturated heterocycles. The molecule has 3 N–H and O–H groups in total. The molecule has 0 unspecified atom stereocenters. The number of carbonyl (C=O) groups is 1. The van der Waals surface area contributed by atoms with Crippen molar-refractivity contribution in [3.8, 4) is 11.3 Å². The highest BCUT2D eigenvalue weighted by molar-refractivity contribution is 5.83. The van der Waals surface area contributed by atoms with Gasteiger partial charge in [-0.1, -0.05) is 18.2 Å². The van der Waals surface area contributed by atoms with Crippen molar-refractivity contribution < 1.29 is 9.90 Å². The Balaban J connectivity index is 2.42. The molecular formula is C11H11N3O2. The lowest BCUT2D eigenvalue weighted by Gasteiger charge is -2.04. The molecule has 16 heavy (non-hydrogen) atoms. The van der Waals surface area contributed by atoms with Crippen LogP contribution < -0.4 is 5.32 Å². The number of H-pyrrole nitrogens is 1. The van der Waals surface area contributed by atoms with Gasteiger partial charge >= 0.3 is 0 Å². The van der Waals surface area contributed by atoms with E-state index >= 15 is 0 Å². The third kappa shape index (κ3) is 1.94. The van der Waals surface area contributed by atoms with Crippen molar-refractivity contribution in [1.29, 1.82) is 0 Å². The molecule has 2 aromatic rings. The highest BCUT2D eigenvalue weighted by Gasteiger charge is 2.07. The second kappa shape index (κ2) is 4.59. The minimum Gasteiger partial charge on any atom is -0.390 e. The molecule has 0 spiro atoms. The molecule has 0 radical (unpaired) electrons. The van der Waals surface area contributed by atoms with Gasteiger partial charge in [0.25, 0.3) is 0 Å². The first kappa shape index (κ1) is 10.4. The molecule has 5 nitrogen and oxygen atoms in total. The number of para-hydroxylation sites is 1. The van der Waals surface area contributed by atoms with Gasteiger partial charge in [0, 0.05) is 11.3 Å². The Bertz CT molecular complexity index is 493. The Morgan fingerprint density at radius 3 is 2.94 bits per heavy atom. The van der Waals surface area contributed by atoms with Gasteiger partial charge < -0.3 is 10.4 Å². The molecule has 0 saturated carbocycles.